The van der Waals surface area contributed by atoms with E-state index in [1.165, 1.54) is 50.1 Å². The monoisotopic (exact) mass is 490 g/mol. The molecule has 1 aliphatic carbocycles. The zero-order valence-corrected chi connectivity index (χ0v) is 20.6. The first-order chi connectivity index (χ1) is 18.2. The Balaban J connectivity index is 1.30. The van der Waals surface area contributed by atoms with Crippen molar-refractivity contribution < 1.29 is 10.0 Å². The predicted octanol–water partition coefficient (Wildman–Crippen LogP) is 5.90. The molecule has 6 nitrogen and oxygen atoms in total. The van der Waals surface area contributed by atoms with Gasteiger partial charge < -0.3 is 9.97 Å². The Hall–Kier alpha value is -4.13. The van der Waals surface area contributed by atoms with E-state index in [1.54, 1.807) is 11.6 Å². The van der Waals surface area contributed by atoms with Gasteiger partial charge in [-0.1, -0.05) is 48.5 Å². The molecule has 1 amide bonds. The van der Waals surface area contributed by atoms with Crippen LogP contribution >= 0.6 is 0 Å². The van der Waals surface area contributed by atoms with Crippen LogP contribution in [0, 0.1) is 0 Å². The summed E-state index contributed by atoms with van der Waals surface area (Å²) in [6.45, 7) is 1.82. The summed E-state index contributed by atoms with van der Waals surface area (Å²) in [5.41, 5.74) is 10.3. The minimum absolute atomic E-state index is 0.327. The number of hydrogen-bond donors (Lipinski definition) is 4. The smallest absolute Gasteiger partial charge is 0.267 e. The Kier molecular flexibility index (Phi) is 6.35. The van der Waals surface area contributed by atoms with Gasteiger partial charge in [0.2, 0.25) is 0 Å². The number of aromatic nitrogens is 2. The zero-order valence-electron chi connectivity index (χ0n) is 20.6. The maximum Gasteiger partial charge on any atom is 0.267 e. The summed E-state index contributed by atoms with van der Waals surface area (Å²) in [6.07, 6.45) is 10.3. The molecule has 5 aromatic rings. The molecule has 0 radical (unpaired) electrons. The quantitative estimate of drug-likeness (QED) is 0.124. The summed E-state index contributed by atoms with van der Waals surface area (Å²) < 4.78 is 0. The van der Waals surface area contributed by atoms with Crippen molar-refractivity contribution in [3.05, 3.63) is 113 Å². The summed E-state index contributed by atoms with van der Waals surface area (Å²) in [4.78, 5) is 20.8. The fourth-order valence-electron chi connectivity index (χ4n) is 5.76. The molecule has 1 atom stereocenters. The van der Waals surface area contributed by atoms with Crippen molar-refractivity contribution in [2.45, 2.75) is 31.8 Å². The van der Waals surface area contributed by atoms with Gasteiger partial charge >= 0.3 is 0 Å². The van der Waals surface area contributed by atoms with Crippen molar-refractivity contribution in [1.82, 2.24) is 20.3 Å². The van der Waals surface area contributed by atoms with E-state index in [9.17, 15) is 4.79 Å². The number of fused-ring (bicyclic) bond motifs is 3. The molecule has 1 unspecified atom stereocenters. The number of nitrogens with zero attached hydrogens (tertiary/aromatic N) is 1. The number of para-hydroxylation sites is 1. The molecule has 37 heavy (non-hydrogen) atoms. The number of H-pyrrole nitrogens is 2. The molecule has 2 heterocycles. The standard InChI is InChI=1S/C31H30N4O2/c36-31(34-37)13-9-21-8-11-27-22(18-21)10-12-30(27)35(20-24-4-3-7-28-26(24)14-16-32-28)17-15-23-19-33-29-6-2-1-5-25(23)29/h1-9,11,13-14,16,18-19,30,32-33,37H,10,12,15,17,20H2,(H,34,36)/b13-9+. The number of rotatable bonds is 8. The van der Waals surface area contributed by atoms with Crippen LogP contribution in [-0.4, -0.2) is 32.5 Å². The maximum absolute atomic E-state index is 11.4. The maximum atomic E-state index is 11.4. The van der Waals surface area contributed by atoms with E-state index < -0.39 is 5.91 Å². The fraction of sp³-hybridized carbons (Fsp3) is 0.194. The number of hydrogen-bond acceptors (Lipinski definition) is 3. The van der Waals surface area contributed by atoms with Crippen LogP contribution in [-0.2, 0) is 24.2 Å². The molecule has 4 N–H and O–H groups in total. The minimum Gasteiger partial charge on any atom is -0.361 e. The van der Waals surface area contributed by atoms with Crippen LogP contribution in [0.1, 0.15) is 40.3 Å². The van der Waals surface area contributed by atoms with Gasteiger partial charge in [0, 0.05) is 59.4 Å². The van der Waals surface area contributed by atoms with Gasteiger partial charge in [0.1, 0.15) is 0 Å². The van der Waals surface area contributed by atoms with Gasteiger partial charge in [-0.25, -0.2) is 5.48 Å². The van der Waals surface area contributed by atoms with E-state index in [-0.39, 0.29) is 0 Å². The van der Waals surface area contributed by atoms with Crippen LogP contribution in [0.4, 0.5) is 0 Å². The number of benzene rings is 3. The number of carbonyl (C=O) groups is 1. The lowest BCUT2D eigenvalue weighted by Gasteiger charge is -2.30. The molecule has 186 valence electrons. The van der Waals surface area contributed by atoms with Gasteiger partial charge in [-0.15, -0.1) is 0 Å². The summed E-state index contributed by atoms with van der Waals surface area (Å²) in [6, 6.07) is 23.9. The average molecular weight is 491 g/mol. The van der Waals surface area contributed by atoms with Crippen LogP contribution in [0.3, 0.4) is 0 Å². The Bertz CT molecular complexity index is 1600. The molecule has 0 fully saturated rings. The van der Waals surface area contributed by atoms with Crippen molar-refractivity contribution >= 4 is 33.8 Å². The summed E-state index contributed by atoms with van der Waals surface area (Å²) in [7, 11) is 0. The van der Waals surface area contributed by atoms with Gasteiger partial charge in [-0.05, 0) is 71.4 Å². The zero-order chi connectivity index (χ0) is 25.2. The number of nitrogens with one attached hydrogen (secondary N) is 3. The van der Waals surface area contributed by atoms with Crippen LogP contribution in [0.5, 0.6) is 0 Å². The molecule has 3 aromatic carbocycles. The van der Waals surface area contributed by atoms with Gasteiger partial charge in [0.05, 0.1) is 0 Å². The number of aryl methyl sites for hydroxylation is 1. The SMILES string of the molecule is O=C(/C=C/c1ccc2c(c1)CCC2N(CCc1c[nH]c2ccccc12)Cc1cccc2[nH]ccc12)NO. The van der Waals surface area contributed by atoms with Gasteiger partial charge in [-0.2, -0.15) is 0 Å². The first-order valence-corrected chi connectivity index (χ1v) is 12.8. The fourth-order valence-corrected chi connectivity index (χ4v) is 5.76. The molecule has 0 saturated heterocycles. The summed E-state index contributed by atoms with van der Waals surface area (Å²) >= 11 is 0. The van der Waals surface area contributed by atoms with E-state index >= 15 is 0 Å². The number of amides is 1. The lowest BCUT2D eigenvalue weighted by atomic mass is 10.0. The normalized spacial score (nSPS) is 15.2. The van der Waals surface area contributed by atoms with E-state index in [0.29, 0.717) is 6.04 Å². The second-order valence-electron chi connectivity index (χ2n) is 9.76. The highest BCUT2D eigenvalue weighted by Crippen LogP contribution is 2.38. The minimum atomic E-state index is -0.527. The number of aromatic amines is 2. The predicted molar refractivity (Wildman–Crippen MR) is 147 cm³/mol. The second-order valence-corrected chi connectivity index (χ2v) is 9.76. The molecule has 2 aromatic heterocycles. The Morgan fingerprint density at radius 3 is 2.76 bits per heavy atom. The van der Waals surface area contributed by atoms with Crippen molar-refractivity contribution in [1.29, 1.82) is 0 Å². The first-order valence-electron chi connectivity index (χ1n) is 12.8. The van der Waals surface area contributed by atoms with Gasteiger partial charge in [0.25, 0.3) is 5.91 Å². The van der Waals surface area contributed by atoms with Crippen LogP contribution in [0.25, 0.3) is 27.9 Å². The third-order valence-corrected chi connectivity index (χ3v) is 7.59. The van der Waals surface area contributed by atoms with Crippen molar-refractivity contribution in [3.8, 4) is 0 Å². The number of carbonyl (C=O) groups excluding carboxylic acids is 1. The van der Waals surface area contributed by atoms with E-state index in [2.05, 4.69) is 87.8 Å². The van der Waals surface area contributed by atoms with Crippen molar-refractivity contribution in [3.63, 3.8) is 0 Å². The lowest BCUT2D eigenvalue weighted by molar-refractivity contribution is -0.124. The molecule has 0 spiro atoms. The molecule has 6 heteroatoms. The molecule has 0 bridgehead atoms. The topological polar surface area (TPSA) is 84.2 Å². The molecule has 0 aliphatic heterocycles. The van der Waals surface area contributed by atoms with E-state index in [1.807, 2.05) is 6.20 Å². The van der Waals surface area contributed by atoms with Crippen LogP contribution in [0.2, 0.25) is 0 Å². The molecule has 0 saturated carbocycles. The second kappa shape index (κ2) is 10.1. The van der Waals surface area contributed by atoms with E-state index in [0.717, 1.165) is 37.9 Å². The Labute approximate surface area is 215 Å². The molecule has 1 aliphatic rings. The molecular weight excluding hydrogens is 460 g/mol. The van der Waals surface area contributed by atoms with E-state index in [4.69, 9.17) is 5.21 Å². The largest absolute Gasteiger partial charge is 0.361 e. The van der Waals surface area contributed by atoms with Crippen LogP contribution < -0.4 is 5.48 Å². The van der Waals surface area contributed by atoms with Gasteiger partial charge in [-0.3, -0.25) is 14.9 Å². The lowest BCUT2D eigenvalue weighted by Crippen LogP contribution is -2.29. The van der Waals surface area contributed by atoms with Crippen LogP contribution in [0.15, 0.2) is 85.2 Å². The van der Waals surface area contributed by atoms with Gasteiger partial charge in [0.15, 0.2) is 0 Å². The molecular formula is C31H30N4O2. The highest BCUT2D eigenvalue weighted by Gasteiger charge is 2.28. The summed E-state index contributed by atoms with van der Waals surface area (Å²) in [5, 5.41) is 11.3. The molecule has 6 rings (SSSR count). The Morgan fingerprint density at radius 2 is 1.84 bits per heavy atom. The van der Waals surface area contributed by atoms with Crippen molar-refractivity contribution in [2.75, 3.05) is 6.54 Å². The first kappa shape index (κ1) is 23.3. The average Bonchev–Trinajstić information content (AvgIpc) is 3.68. The third-order valence-electron chi connectivity index (χ3n) is 7.59. The Morgan fingerprint density at radius 1 is 1.00 bits per heavy atom. The highest BCUT2D eigenvalue weighted by molar-refractivity contribution is 5.90. The summed E-state index contributed by atoms with van der Waals surface area (Å²) in [5.74, 6) is -0.527. The van der Waals surface area contributed by atoms with Crippen molar-refractivity contribution in [2.24, 2.45) is 0 Å². The number of hydroxylamine groups is 1. The third kappa shape index (κ3) is 4.69. The highest BCUT2D eigenvalue weighted by atomic mass is 16.5.